The summed E-state index contributed by atoms with van der Waals surface area (Å²) < 4.78 is 5.95. The summed E-state index contributed by atoms with van der Waals surface area (Å²) in [5.41, 5.74) is 7.69. The first-order chi connectivity index (χ1) is 9.76. The Labute approximate surface area is 118 Å². The molecule has 0 fully saturated rings. The predicted octanol–water partition coefficient (Wildman–Crippen LogP) is 3.79. The first kappa shape index (κ1) is 12.6. The Morgan fingerprint density at radius 1 is 1.05 bits per heavy atom. The Morgan fingerprint density at radius 3 is 2.70 bits per heavy atom. The first-order valence-electron chi connectivity index (χ1n) is 6.59. The van der Waals surface area contributed by atoms with Crippen LogP contribution in [-0.4, -0.2) is 4.98 Å². The molecule has 0 bridgehead atoms. The molecule has 3 heteroatoms. The van der Waals surface area contributed by atoms with Gasteiger partial charge in [0.25, 0.3) is 0 Å². The molecule has 3 nitrogen and oxygen atoms in total. The number of aryl methyl sites for hydroxylation is 1. The lowest BCUT2D eigenvalue weighted by Gasteiger charge is -2.10. The van der Waals surface area contributed by atoms with Crippen LogP contribution in [0.15, 0.2) is 54.6 Å². The van der Waals surface area contributed by atoms with Crippen LogP contribution in [0.5, 0.6) is 11.6 Å². The van der Waals surface area contributed by atoms with E-state index in [4.69, 9.17) is 10.5 Å². The number of rotatable bonds is 3. The zero-order chi connectivity index (χ0) is 13.9. The molecule has 1 aromatic heterocycles. The van der Waals surface area contributed by atoms with E-state index in [1.165, 1.54) is 0 Å². The van der Waals surface area contributed by atoms with Gasteiger partial charge in [0, 0.05) is 11.9 Å². The maximum atomic E-state index is 5.95. The van der Waals surface area contributed by atoms with Gasteiger partial charge in [0.05, 0.1) is 5.69 Å². The second-order valence-corrected chi connectivity index (χ2v) is 4.76. The molecule has 0 spiro atoms. The number of nitrogens with two attached hydrogens (primary N) is 1. The fraction of sp³-hybridized carbons (Fsp3) is 0.118. The summed E-state index contributed by atoms with van der Waals surface area (Å²) in [5.74, 6) is 1.39. The number of fused-ring (bicyclic) bond motifs is 1. The van der Waals surface area contributed by atoms with Crippen LogP contribution in [0.1, 0.15) is 11.3 Å². The van der Waals surface area contributed by atoms with Gasteiger partial charge in [-0.25, -0.2) is 4.98 Å². The van der Waals surface area contributed by atoms with Crippen LogP contribution in [0.25, 0.3) is 10.8 Å². The topological polar surface area (TPSA) is 48.1 Å². The van der Waals surface area contributed by atoms with E-state index >= 15 is 0 Å². The average molecular weight is 264 g/mol. The SMILES string of the molecule is Cc1cccc(Oc2nc(CN)cc3ccccc23)c1. The molecule has 20 heavy (non-hydrogen) atoms. The standard InChI is InChI=1S/C17H16N2O/c1-12-5-4-7-15(9-12)20-17-16-8-3-2-6-13(16)10-14(11-18)19-17/h2-10H,11,18H2,1H3. The lowest BCUT2D eigenvalue weighted by molar-refractivity contribution is 0.467. The molecule has 3 aromatic rings. The summed E-state index contributed by atoms with van der Waals surface area (Å²) in [6.45, 7) is 2.43. The highest BCUT2D eigenvalue weighted by molar-refractivity contribution is 5.87. The summed E-state index contributed by atoms with van der Waals surface area (Å²) in [6.07, 6.45) is 0. The molecular formula is C17H16N2O. The summed E-state index contributed by atoms with van der Waals surface area (Å²) in [7, 11) is 0. The smallest absolute Gasteiger partial charge is 0.227 e. The van der Waals surface area contributed by atoms with Crippen molar-refractivity contribution in [3.63, 3.8) is 0 Å². The number of benzene rings is 2. The van der Waals surface area contributed by atoms with Gasteiger partial charge in [-0.3, -0.25) is 0 Å². The normalized spacial score (nSPS) is 10.7. The van der Waals surface area contributed by atoms with E-state index in [2.05, 4.69) is 4.98 Å². The van der Waals surface area contributed by atoms with Gasteiger partial charge in [-0.1, -0.05) is 30.3 Å². The molecule has 3 rings (SSSR count). The molecule has 0 saturated heterocycles. The highest BCUT2D eigenvalue weighted by Gasteiger charge is 2.07. The zero-order valence-electron chi connectivity index (χ0n) is 11.3. The Kier molecular flexibility index (Phi) is 3.35. The average Bonchev–Trinajstić information content (AvgIpc) is 2.47. The maximum absolute atomic E-state index is 5.95. The second-order valence-electron chi connectivity index (χ2n) is 4.76. The summed E-state index contributed by atoms with van der Waals surface area (Å²) in [4.78, 5) is 4.50. The van der Waals surface area contributed by atoms with Crippen molar-refractivity contribution in [3.05, 3.63) is 65.9 Å². The minimum atomic E-state index is 0.398. The number of hydrogen-bond acceptors (Lipinski definition) is 3. The van der Waals surface area contributed by atoms with Crippen molar-refractivity contribution >= 4 is 10.8 Å². The minimum absolute atomic E-state index is 0.398. The molecular weight excluding hydrogens is 248 g/mol. The van der Waals surface area contributed by atoms with Crippen LogP contribution < -0.4 is 10.5 Å². The molecule has 100 valence electrons. The molecule has 0 amide bonds. The quantitative estimate of drug-likeness (QED) is 0.782. The second kappa shape index (κ2) is 5.31. The van der Waals surface area contributed by atoms with E-state index in [-0.39, 0.29) is 0 Å². The zero-order valence-corrected chi connectivity index (χ0v) is 11.3. The summed E-state index contributed by atoms with van der Waals surface area (Å²) in [6, 6.07) is 18.0. The highest BCUT2D eigenvalue weighted by Crippen LogP contribution is 2.29. The lowest BCUT2D eigenvalue weighted by Crippen LogP contribution is -2.01. The Bertz CT molecular complexity index is 753. The summed E-state index contributed by atoms with van der Waals surface area (Å²) >= 11 is 0. The van der Waals surface area contributed by atoms with Gasteiger partial charge >= 0.3 is 0 Å². The Hall–Kier alpha value is -2.39. The lowest BCUT2D eigenvalue weighted by atomic mass is 10.1. The molecule has 0 unspecified atom stereocenters. The van der Waals surface area contributed by atoms with Crippen LogP contribution in [0.3, 0.4) is 0 Å². The van der Waals surface area contributed by atoms with Crippen LogP contribution in [0.4, 0.5) is 0 Å². The van der Waals surface area contributed by atoms with Crippen LogP contribution in [0, 0.1) is 6.92 Å². The van der Waals surface area contributed by atoms with Crippen molar-refractivity contribution in [2.45, 2.75) is 13.5 Å². The van der Waals surface area contributed by atoms with E-state index in [9.17, 15) is 0 Å². The summed E-state index contributed by atoms with van der Waals surface area (Å²) in [5, 5.41) is 2.08. The van der Waals surface area contributed by atoms with Crippen molar-refractivity contribution in [1.82, 2.24) is 4.98 Å². The molecule has 0 atom stereocenters. The van der Waals surface area contributed by atoms with E-state index in [1.54, 1.807) is 0 Å². The third kappa shape index (κ3) is 2.49. The number of nitrogens with zero attached hydrogens (tertiary/aromatic N) is 1. The molecule has 0 aliphatic rings. The Balaban J connectivity index is 2.10. The molecule has 0 radical (unpaired) electrons. The van der Waals surface area contributed by atoms with Crippen molar-refractivity contribution in [1.29, 1.82) is 0 Å². The first-order valence-corrected chi connectivity index (χ1v) is 6.59. The van der Waals surface area contributed by atoms with Gasteiger partial charge < -0.3 is 10.5 Å². The van der Waals surface area contributed by atoms with Crippen LogP contribution in [-0.2, 0) is 6.54 Å². The fourth-order valence-corrected chi connectivity index (χ4v) is 2.19. The van der Waals surface area contributed by atoms with Crippen molar-refractivity contribution < 1.29 is 4.74 Å². The number of pyridine rings is 1. The van der Waals surface area contributed by atoms with Crippen molar-refractivity contribution in [3.8, 4) is 11.6 Å². The van der Waals surface area contributed by atoms with Gasteiger partial charge in [0.1, 0.15) is 5.75 Å². The molecule has 1 heterocycles. The van der Waals surface area contributed by atoms with Crippen LogP contribution in [0.2, 0.25) is 0 Å². The third-order valence-electron chi connectivity index (χ3n) is 3.17. The number of hydrogen-bond donors (Lipinski definition) is 1. The van der Waals surface area contributed by atoms with Gasteiger partial charge in [-0.15, -0.1) is 0 Å². The van der Waals surface area contributed by atoms with Gasteiger partial charge in [-0.2, -0.15) is 0 Å². The van der Waals surface area contributed by atoms with Crippen LogP contribution >= 0.6 is 0 Å². The fourth-order valence-electron chi connectivity index (χ4n) is 2.19. The number of ether oxygens (including phenoxy) is 1. The van der Waals surface area contributed by atoms with E-state index in [1.807, 2.05) is 61.5 Å². The Morgan fingerprint density at radius 2 is 1.90 bits per heavy atom. The monoisotopic (exact) mass is 264 g/mol. The van der Waals surface area contributed by atoms with Crippen molar-refractivity contribution in [2.24, 2.45) is 5.73 Å². The molecule has 0 saturated carbocycles. The van der Waals surface area contributed by atoms with Crippen molar-refractivity contribution in [2.75, 3.05) is 0 Å². The van der Waals surface area contributed by atoms with E-state index < -0.39 is 0 Å². The van der Waals surface area contributed by atoms with Gasteiger partial charge in [0.2, 0.25) is 5.88 Å². The predicted molar refractivity (Wildman–Crippen MR) is 80.9 cm³/mol. The van der Waals surface area contributed by atoms with Gasteiger partial charge in [-0.05, 0) is 42.1 Å². The minimum Gasteiger partial charge on any atom is -0.438 e. The maximum Gasteiger partial charge on any atom is 0.227 e. The van der Waals surface area contributed by atoms with E-state index in [0.717, 1.165) is 27.8 Å². The molecule has 2 aromatic carbocycles. The highest BCUT2D eigenvalue weighted by atomic mass is 16.5. The van der Waals surface area contributed by atoms with Gasteiger partial charge in [0.15, 0.2) is 0 Å². The molecule has 0 aliphatic carbocycles. The molecule has 2 N–H and O–H groups in total. The molecule has 0 aliphatic heterocycles. The third-order valence-corrected chi connectivity index (χ3v) is 3.17. The largest absolute Gasteiger partial charge is 0.438 e. The number of aromatic nitrogens is 1. The van der Waals surface area contributed by atoms with E-state index in [0.29, 0.717) is 12.4 Å².